The van der Waals surface area contributed by atoms with Crippen LogP contribution in [0.25, 0.3) is 22.2 Å². The number of imidazole rings is 1. The number of halogens is 3. The van der Waals surface area contributed by atoms with E-state index in [0.29, 0.717) is 28.5 Å². The molecule has 0 bridgehead atoms. The minimum atomic E-state index is -4.46. The van der Waals surface area contributed by atoms with Crippen molar-refractivity contribution in [1.82, 2.24) is 9.55 Å². The second-order valence-electron chi connectivity index (χ2n) is 9.22. The summed E-state index contributed by atoms with van der Waals surface area (Å²) in [7, 11) is 0. The number of carbonyl (C=O) groups is 2. The maximum Gasteiger partial charge on any atom is 0.416 e. The van der Waals surface area contributed by atoms with E-state index in [1.54, 1.807) is 47.2 Å². The molecule has 1 aliphatic rings. The Balaban J connectivity index is 1.36. The van der Waals surface area contributed by atoms with Gasteiger partial charge >= 0.3 is 6.18 Å². The van der Waals surface area contributed by atoms with Crippen molar-refractivity contribution in [1.29, 1.82) is 0 Å². The molecule has 0 aliphatic carbocycles. The van der Waals surface area contributed by atoms with Crippen LogP contribution in [0.4, 0.5) is 30.2 Å². The Morgan fingerprint density at radius 3 is 2.41 bits per heavy atom. The molecule has 9 heteroatoms. The molecule has 2 amide bonds. The lowest BCUT2D eigenvalue weighted by molar-refractivity contribution is -0.138. The van der Waals surface area contributed by atoms with Crippen LogP contribution >= 0.6 is 0 Å². The molecule has 0 spiro atoms. The summed E-state index contributed by atoms with van der Waals surface area (Å²) < 4.78 is 42.2. The third-order valence-corrected chi connectivity index (χ3v) is 6.74. The summed E-state index contributed by atoms with van der Waals surface area (Å²) in [5, 5.41) is 4.63. The number of nitrogens with one attached hydrogen (secondary N) is 1. The first-order valence-electron chi connectivity index (χ1n) is 12.2. The molecule has 0 radical (unpaired) electrons. The number of alkyl halides is 3. The van der Waals surface area contributed by atoms with Crippen LogP contribution in [0.3, 0.4) is 0 Å². The summed E-state index contributed by atoms with van der Waals surface area (Å²) in [6.07, 6.45) is -1.60. The number of nitrogens with zero attached hydrogens (tertiary/aromatic N) is 3. The van der Waals surface area contributed by atoms with Crippen LogP contribution in [0.15, 0.2) is 97.3 Å². The minimum absolute atomic E-state index is 0.00832. The van der Waals surface area contributed by atoms with Crippen LogP contribution in [0.2, 0.25) is 0 Å². The number of rotatable bonds is 4. The molecule has 0 unspecified atom stereocenters. The van der Waals surface area contributed by atoms with E-state index in [1.165, 1.54) is 23.2 Å². The first-order chi connectivity index (χ1) is 18.8. The van der Waals surface area contributed by atoms with E-state index < -0.39 is 17.6 Å². The van der Waals surface area contributed by atoms with Gasteiger partial charge in [0, 0.05) is 35.6 Å². The molecule has 6 nitrogen and oxygen atoms in total. The minimum Gasteiger partial charge on any atom is -0.327 e. The smallest absolute Gasteiger partial charge is 0.327 e. The third-order valence-electron chi connectivity index (χ3n) is 6.74. The maximum atomic E-state index is 13.5. The van der Waals surface area contributed by atoms with Gasteiger partial charge in [-0.3, -0.25) is 14.5 Å². The van der Waals surface area contributed by atoms with Gasteiger partial charge in [0.2, 0.25) is 11.8 Å². The highest BCUT2D eigenvalue weighted by Gasteiger charge is 2.33. The summed E-state index contributed by atoms with van der Waals surface area (Å²) >= 11 is 0. The molecule has 0 saturated carbocycles. The van der Waals surface area contributed by atoms with Crippen LogP contribution in [-0.4, -0.2) is 21.4 Å². The monoisotopic (exact) mass is 526 g/mol. The van der Waals surface area contributed by atoms with Crippen molar-refractivity contribution in [3.63, 3.8) is 0 Å². The summed E-state index contributed by atoms with van der Waals surface area (Å²) in [6.45, 7) is -0.00832. The van der Waals surface area contributed by atoms with Crippen LogP contribution in [0.5, 0.6) is 0 Å². The molecule has 0 fully saturated rings. The van der Waals surface area contributed by atoms with Crippen LogP contribution in [0.1, 0.15) is 17.5 Å². The standard InChI is InChI=1S/C30H21F3N4O2/c31-30(32,33)24-8-4-2-6-21(24)18-36-16-15-34-29(36)20-9-12-22(13-10-20)37-25-14-11-19-5-1-3-7-23(19)28(25)35-26(38)17-27(37)39/h1-16H,17-18H2,(H,35,38). The van der Waals surface area contributed by atoms with Crippen molar-refractivity contribution in [3.05, 3.63) is 108 Å². The van der Waals surface area contributed by atoms with Gasteiger partial charge in [0.25, 0.3) is 0 Å². The molecular formula is C30H21F3N4O2. The van der Waals surface area contributed by atoms with Crippen molar-refractivity contribution >= 4 is 39.6 Å². The molecule has 1 aromatic heterocycles. The zero-order valence-corrected chi connectivity index (χ0v) is 20.4. The number of benzene rings is 4. The highest BCUT2D eigenvalue weighted by Crippen LogP contribution is 2.40. The van der Waals surface area contributed by atoms with Crippen LogP contribution < -0.4 is 10.2 Å². The second-order valence-corrected chi connectivity index (χ2v) is 9.22. The van der Waals surface area contributed by atoms with E-state index in [1.807, 2.05) is 30.3 Å². The fraction of sp³-hybridized carbons (Fsp3) is 0.100. The average molecular weight is 527 g/mol. The van der Waals surface area contributed by atoms with Gasteiger partial charge in [-0.2, -0.15) is 13.2 Å². The Kier molecular flexibility index (Phi) is 5.91. The topological polar surface area (TPSA) is 67.2 Å². The van der Waals surface area contributed by atoms with Gasteiger partial charge in [-0.1, -0.05) is 48.5 Å². The molecule has 5 aromatic rings. The molecule has 39 heavy (non-hydrogen) atoms. The normalized spacial score (nSPS) is 13.8. The fourth-order valence-electron chi connectivity index (χ4n) is 4.97. The number of aromatic nitrogens is 2. The zero-order chi connectivity index (χ0) is 27.1. The van der Waals surface area contributed by atoms with Gasteiger partial charge in [0.1, 0.15) is 12.2 Å². The fourth-order valence-corrected chi connectivity index (χ4v) is 4.97. The number of hydrogen-bond acceptors (Lipinski definition) is 3. The first-order valence-corrected chi connectivity index (χ1v) is 12.2. The molecular weight excluding hydrogens is 505 g/mol. The SMILES string of the molecule is O=C1CC(=O)N(c2ccc(-c3nccn3Cc3ccccc3C(F)(F)F)cc2)c2ccc3ccccc3c2N1. The van der Waals surface area contributed by atoms with E-state index in [9.17, 15) is 22.8 Å². The third kappa shape index (κ3) is 4.52. The summed E-state index contributed by atoms with van der Waals surface area (Å²) in [4.78, 5) is 31.6. The number of hydrogen-bond donors (Lipinski definition) is 1. The summed E-state index contributed by atoms with van der Waals surface area (Å²) in [6, 6.07) is 23.8. The van der Waals surface area contributed by atoms with Crippen molar-refractivity contribution in [2.75, 3.05) is 10.2 Å². The summed E-state index contributed by atoms with van der Waals surface area (Å²) in [5.41, 5.74) is 1.79. The largest absolute Gasteiger partial charge is 0.416 e. The molecule has 6 rings (SSSR count). The van der Waals surface area contributed by atoms with E-state index in [0.717, 1.165) is 16.8 Å². The first kappa shape index (κ1) is 24.4. The lowest BCUT2D eigenvalue weighted by Gasteiger charge is -2.23. The number of amides is 2. The highest BCUT2D eigenvalue weighted by molar-refractivity contribution is 6.21. The van der Waals surface area contributed by atoms with Crippen LogP contribution in [-0.2, 0) is 22.3 Å². The van der Waals surface area contributed by atoms with Crippen molar-refractivity contribution < 1.29 is 22.8 Å². The molecule has 194 valence electrons. The number of fused-ring (bicyclic) bond motifs is 3. The van der Waals surface area contributed by atoms with E-state index in [4.69, 9.17) is 0 Å². The van der Waals surface area contributed by atoms with Crippen molar-refractivity contribution in [2.45, 2.75) is 19.1 Å². The summed E-state index contributed by atoms with van der Waals surface area (Å²) in [5.74, 6) is -0.276. The number of carbonyl (C=O) groups excluding carboxylic acids is 2. The van der Waals surface area contributed by atoms with Crippen LogP contribution in [0, 0.1) is 0 Å². The van der Waals surface area contributed by atoms with E-state index >= 15 is 0 Å². The van der Waals surface area contributed by atoms with E-state index in [-0.39, 0.29) is 24.4 Å². The number of anilines is 3. The van der Waals surface area contributed by atoms with Gasteiger partial charge in [-0.15, -0.1) is 0 Å². The Bertz CT molecular complexity index is 1720. The lowest BCUT2D eigenvalue weighted by Crippen LogP contribution is -2.26. The quantitative estimate of drug-likeness (QED) is 0.263. The Morgan fingerprint density at radius 1 is 0.872 bits per heavy atom. The predicted octanol–water partition coefficient (Wildman–Crippen LogP) is 6.78. The van der Waals surface area contributed by atoms with E-state index in [2.05, 4.69) is 10.3 Å². The van der Waals surface area contributed by atoms with Gasteiger partial charge in [-0.05, 0) is 47.3 Å². The Hall–Kier alpha value is -4.92. The average Bonchev–Trinajstić information content (AvgIpc) is 3.32. The zero-order valence-electron chi connectivity index (χ0n) is 20.4. The predicted molar refractivity (Wildman–Crippen MR) is 143 cm³/mol. The molecule has 0 atom stereocenters. The highest BCUT2D eigenvalue weighted by atomic mass is 19.4. The van der Waals surface area contributed by atoms with Crippen molar-refractivity contribution in [3.8, 4) is 11.4 Å². The Morgan fingerprint density at radius 2 is 1.62 bits per heavy atom. The second kappa shape index (κ2) is 9.43. The van der Waals surface area contributed by atoms with Gasteiger partial charge < -0.3 is 9.88 Å². The van der Waals surface area contributed by atoms with Gasteiger partial charge in [0.15, 0.2) is 0 Å². The molecule has 4 aromatic carbocycles. The van der Waals surface area contributed by atoms with Gasteiger partial charge in [-0.25, -0.2) is 4.98 Å². The molecule has 1 aliphatic heterocycles. The van der Waals surface area contributed by atoms with Gasteiger partial charge in [0.05, 0.1) is 16.9 Å². The van der Waals surface area contributed by atoms with Crippen molar-refractivity contribution in [2.24, 2.45) is 0 Å². The maximum absolute atomic E-state index is 13.5. The molecule has 2 heterocycles. The Labute approximate surface area is 221 Å². The lowest BCUT2D eigenvalue weighted by atomic mass is 10.1. The molecule has 1 N–H and O–H groups in total. The molecule has 0 saturated heterocycles.